The van der Waals surface area contributed by atoms with Crippen LogP contribution < -0.4 is 9.62 Å². The number of piperidine rings is 1. The largest absolute Gasteiger partial charge is 0.296 e. The van der Waals surface area contributed by atoms with Gasteiger partial charge in [-0.3, -0.25) is 14.4 Å². The van der Waals surface area contributed by atoms with Crippen molar-refractivity contribution in [3.8, 4) is 0 Å². The van der Waals surface area contributed by atoms with E-state index in [-0.39, 0.29) is 10.1 Å². The molecule has 1 aliphatic heterocycles. The number of carbonyl (C=O) groups is 1. The Bertz CT molecular complexity index is 811. The van der Waals surface area contributed by atoms with Crippen molar-refractivity contribution in [1.82, 2.24) is 14.5 Å². The summed E-state index contributed by atoms with van der Waals surface area (Å²) in [5.41, 5.74) is 0.816. The highest BCUT2D eigenvalue weighted by Gasteiger charge is 2.34. The maximum absolute atomic E-state index is 12.7. The molecule has 3 rings (SSSR count). The number of nitrogens with zero attached hydrogens (tertiary/aromatic N) is 3. The van der Waals surface area contributed by atoms with Gasteiger partial charge in [0.15, 0.2) is 0 Å². The predicted molar refractivity (Wildman–Crippen MR) is 88.0 cm³/mol. The second kappa shape index (κ2) is 6.06. The average Bonchev–Trinajstić information content (AvgIpc) is 3.11. The topological polar surface area (TPSA) is 84.3 Å². The lowest BCUT2D eigenvalue weighted by atomic mass is 10.1. The number of amides is 1. The van der Waals surface area contributed by atoms with Crippen LogP contribution in [0.15, 0.2) is 27.8 Å². The molecule has 0 aliphatic carbocycles. The molecule has 2 aromatic heterocycles. The number of hydrogen-bond acceptors (Lipinski definition) is 5. The molecule has 0 spiro atoms. The Morgan fingerprint density at radius 3 is 2.83 bits per heavy atom. The average molecular weight is 354 g/mol. The Morgan fingerprint density at radius 1 is 1.43 bits per heavy atom. The highest BCUT2D eigenvalue weighted by atomic mass is 32.2. The summed E-state index contributed by atoms with van der Waals surface area (Å²) in [5.74, 6) is 0.451. The number of carbonyl (C=O) groups excluding carboxylic acids is 1. The van der Waals surface area contributed by atoms with Crippen molar-refractivity contribution in [2.45, 2.75) is 30.0 Å². The molecule has 0 unspecified atom stereocenters. The number of anilines is 1. The lowest BCUT2D eigenvalue weighted by molar-refractivity contribution is -0.121. The first-order valence-electron chi connectivity index (χ1n) is 7.26. The van der Waals surface area contributed by atoms with Crippen molar-refractivity contribution in [1.29, 1.82) is 0 Å². The molecule has 1 aliphatic rings. The highest BCUT2D eigenvalue weighted by Crippen LogP contribution is 2.23. The summed E-state index contributed by atoms with van der Waals surface area (Å²) in [6, 6.07) is 4.29. The number of aromatic nitrogens is 2. The molecule has 0 aromatic carbocycles. The third kappa shape index (κ3) is 3.17. The van der Waals surface area contributed by atoms with Gasteiger partial charge in [-0.1, -0.05) is 6.07 Å². The molecule has 7 nitrogen and oxygen atoms in total. The molecule has 0 saturated carbocycles. The van der Waals surface area contributed by atoms with Gasteiger partial charge in [-0.15, -0.1) is 11.3 Å². The molecule has 124 valence electrons. The van der Waals surface area contributed by atoms with Gasteiger partial charge in [-0.05, 0) is 31.2 Å². The van der Waals surface area contributed by atoms with Gasteiger partial charge in [0.05, 0.1) is 5.69 Å². The van der Waals surface area contributed by atoms with E-state index < -0.39 is 16.1 Å². The van der Waals surface area contributed by atoms with Gasteiger partial charge >= 0.3 is 0 Å². The van der Waals surface area contributed by atoms with E-state index in [4.69, 9.17) is 0 Å². The van der Waals surface area contributed by atoms with Crippen LogP contribution in [0.25, 0.3) is 0 Å². The van der Waals surface area contributed by atoms with E-state index in [1.54, 1.807) is 28.1 Å². The molecule has 0 bridgehead atoms. The number of thiophene rings is 1. The normalized spacial score (nSPS) is 19.3. The van der Waals surface area contributed by atoms with Crippen molar-refractivity contribution < 1.29 is 13.2 Å². The summed E-state index contributed by atoms with van der Waals surface area (Å²) in [5, 5.41) is 5.94. The van der Waals surface area contributed by atoms with Crippen LogP contribution >= 0.6 is 11.3 Å². The summed E-state index contributed by atoms with van der Waals surface area (Å²) in [4.78, 5) is 14.3. The number of rotatable bonds is 4. The zero-order valence-electron chi connectivity index (χ0n) is 12.9. The Balaban J connectivity index is 1.82. The van der Waals surface area contributed by atoms with Crippen molar-refractivity contribution in [3.05, 3.63) is 29.3 Å². The van der Waals surface area contributed by atoms with E-state index in [0.29, 0.717) is 18.8 Å². The summed E-state index contributed by atoms with van der Waals surface area (Å²) in [6.07, 6.45) is 1.23. The minimum absolute atomic E-state index is 0.221. The van der Waals surface area contributed by atoms with Crippen LogP contribution in [0.1, 0.15) is 18.5 Å². The van der Waals surface area contributed by atoms with Crippen LogP contribution in [0.3, 0.4) is 0 Å². The Hall–Kier alpha value is -1.71. The van der Waals surface area contributed by atoms with Crippen molar-refractivity contribution >= 4 is 33.1 Å². The molecular weight excluding hydrogens is 336 g/mol. The van der Waals surface area contributed by atoms with Gasteiger partial charge in [0, 0.05) is 19.7 Å². The highest BCUT2D eigenvalue weighted by molar-refractivity contribution is 7.91. The van der Waals surface area contributed by atoms with Gasteiger partial charge < -0.3 is 0 Å². The van der Waals surface area contributed by atoms with Crippen LogP contribution in [-0.4, -0.2) is 36.7 Å². The monoisotopic (exact) mass is 354 g/mol. The summed E-state index contributed by atoms with van der Waals surface area (Å²) in [7, 11) is -1.89. The minimum atomic E-state index is -3.66. The molecular formula is C14H18N4O3S2. The molecule has 1 saturated heterocycles. The fourth-order valence-electron chi connectivity index (χ4n) is 2.72. The van der Waals surface area contributed by atoms with E-state index in [1.165, 1.54) is 6.07 Å². The Morgan fingerprint density at radius 2 is 2.22 bits per heavy atom. The second-order valence-electron chi connectivity index (χ2n) is 5.51. The van der Waals surface area contributed by atoms with Gasteiger partial charge in [0.25, 0.3) is 10.0 Å². The van der Waals surface area contributed by atoms with Crippen LogP contribution in [0, 0.1) is 6.92 Å². The first-order chi connectivity index (χ1) is 10.9. The third-order valence-electron chi connectivity index (χ3n) is 3.75. The first kappa shape index (κ1) is 16.2. The van der Waals surface area contributed by atoms with E-state index in [2.05, 4.69) is 9.82 Å². The molecule has 1 fully saturated rings. The molecule has 1 N–H and O–H groups in total. The van der Waals surface area contributed by atoms with Crippen LogP contribution in [0.4, 0.5) is 5.82 Å². The lowest BCUT2D eigenvalue weighted by Crippen LogP contribution is -2.52. The molecule has 1 atom stereocenters. The van der Waals surface area contributed by atoms with Crippen LogP contribution in [-0.2, 0) is 21.9 Å². The first-order valence-corrected chi connectivity index (χ1v) is 9.62. The maximum Gasteiger partial charge on any atom is 0.250 e. The second-order valence-corrected chi connectivity index (χ2v) is 8.39. The quantitative estimate of drug-likeness (QED) is 0.896. The van der Waals surface area contributed by atoms with Gasteiger partial charge in [-0.25, -0.2) is 8.42 Å². The van der Waals surface area contributed by atoms with Gasteiger partial charge in [-0.2, -0.15) is 9.82 Å². The Labute approximate surface area is 139 Å². The van der Waals surface area contributed by atoms with Gasteiger partial charge in [0.2, 0.25) is 5.91 Å². The Kier molecular flexibility index (Phi) is 4.26. The molecule has 1 amide bonds. The fraction of sp³-hybridized carbons (Fsp3) is 0.429. The minimum Gasteiger partial charge on any atom is -0.296 e. The molecule has 3 heterocycles. The summed E-state index contributed by atoms with van der Waals surface area (Å²) in [6.45, 7) is 2.42. The number of aryl methyl sites for hydroxylation is 2. The van der Waals surface area contributed by atoms with Crippen LogP contribution in [0.5, 0.6) is 0 Å². The number of sulfonamides is 1. The maximum atomic E-state index is 12.7. The molecule has 2 aromatic rings. The number of nitrogens with one attached hydrogen (secondary N) is 1. The van der Waals surface area contributed by atoms with E-state index in [1.807, 2.05) is 13.0 Å². The fourth-order valence-corrected chi connectivity index (χ4v) is 4.96. The molecule has 9 heteroatoms. The van der Waals surface area contributed by atoms with Crippen molar-refractivity contribution in [2.75, 3.05) is 11.4 Å². The standard InChI is InChI=1S/C14H18N4O3S2/c1-10-9-12(17(2)15-10)18-7-3-5-11(14(18)19)16-23(20,21)13-6-4-8-22-13/h4,6,8-9,11,16H,3,5,7H2,1-2H3/t11-/m0/s1. The zero-order valence-corrected chi connectivity index (χ0v) is 14.5. The summed E-state index contributed by atoms with van der Waals surface area (Å²) < 4.78 is 29.1. The van der Waals surface area contributed by atoms with Crippen LogP contribution in [0.2, 0.25) is 0 Å². The molecule has 0 radical (unpaired) electrons. The van der Waals surface area contributed by atoms with E-state index in [0.717, 1.165) is 23.5 Å². The predicted octanol–water partition coefficient (Wildman–Crippen LogP) is 1.26. The van der Waals surface area contributed by atoms with Gasteiger partial charge in [0.1, 0.15) is 16.1 Å². The number of hydrogen-bond donors (Lipinski definition) is 1. The van der Waals surface area contributed by atoms with E-state index in [9.17, 15) is 13.2 Å². The van der Waals surface area contributed by atoms with Crippen molar-refractivity contribution in [2.24, 2.45) is 7.05 Å². The van der Waals surface area contributed by atoms with E-state index >= 15 is 0 Å². The smallest absolute Gasteiger partial charge is 0.250 e. The SMILES string of the molecule is Cc1cc(N2CCC[C@H](NS(=O)(=O)c3cccs3)C2=O)n(C)n1. The third-order valence-corrected chi connectivity index (χ3v) is 6.62. The lowest BCUT2D eigenvalue weighted by Gasteiger charge is -2.32. The van der Waals surface area contributed by atoms with Crippen molar-refractivity contribution in [3.63, 3.8) is 0 Å². The molecule has 23 heavy (non-hydrogen) atoms. The summed E-state index contributed by atoms with van der Waals surface area (Å²) >= 11 is 1.13. The zero-order chi connectivity index (χ0) is 16.6.